The van der Waals surface area contributed by atoms with Gasteiger partial charge in [0, 0.05) is 19.5 Å². The van der Waals surface area contributed by atoms with Gasteiger partial charge in [-0.15, -0.1) is 0 Å². The molecule has 1 rings (SSSR count). The summed E-state index contributed by atoms with van der Waals surface area (Å²) in [6.07, 6.45) is 3.62. The van der Waals surface area contributed by atoms with E-state index in [1.807, 2.05) is 13.8 Å². The van der Waals surface area contributed by atoms with Crippen molar-refractivity contribution >= 4 is 11.9 Å². The standard InChI is InChI=1S/C11H19NO3.C2H6/c1-3-4-5-6-12-8-9(7-10(12)13)11(14)15-2;1-2/h9H,3-8H2,1-2H3;1-2H3. The van der Waals surface area contributed by atoms with Gasteiger partial charge in [0.15, 0.2) is 0 Å². The Kier molecular flexibility index (Phi) is 8.46. The van der Waals surface area contributed by atoms with E-state index in [1.165, 1.54) is 7.11 Å². The van der Waals surface area contributed by atoms with Crippen LogP contribution in [0.5, 0.6) is 0 Å². The van der Waals surface area contributed by atoms with E-state index in [9.17, 15) is 9.59 Å². The lowest BCUT2D eigenvalue weighted by molar-refractivity contribution is -0.145. The van der Waals surface area contributed by atoms with Gasteiger partial charge in [-0.05, 0) is 6.42 Å². The van der Waals surface area contributed by atoms with E-state index in [2.05, 4.69) is 11.7 Å². The highest BCUT2D eigenvalue weighted by Gasteiger charge is 2.34. The van der Waals surface area contributed by atoms with Crippen molar-refractivity contribution in [2.75, 3.05) is 20.2 Å². The molecule has 1 aliphatic heterocycles. The molecule has 1 fully saturated rings. The van der Waals surface area contributed by atoms with Gasteiger partial charge in [0.1, 0.15) is 0 Å². The fourth-order valence-corrected chi connectivity index (χ4v) is 1.87. The van der Waals surface area contributed by atoms with Gasteiger partial charge in [-0.3, -0.25) is 9.59 Å². The molecule has 1 aliphatic rings. The molecule has 1 saturated heterocycles. The zero-order valence-electron chi connectivity index (χ0n) is 11.5. The van der Waals surface area contributed by atoms with E-state index < -0.39 is 0 Å². The minimum Gasteiger partial charge on any atom is -0.469 e. The summed E-state index contributed by atoms with van der Waals surface area (Å²) in [6.45, 7) is 7.44. The number of esters is 1. The van der Waals surface area contributed by atoms with Gasteiger partial charge in [-0.25, -0.2) is 0 Å². The average molecular weight is 243 g/mol. The maximum Gasteiger partial charge on any atom is 0.310 e. The summed E-state index contributed by atoms with van der Waals surface area (Å²) in [7, 11) is 1.37. The van der Waals surface area contributed by atoms with E-state index in [0.29, 0.717) is 13.0 Å². The summed E-state index contributed by atoms with van der Waals surface area (Å²) in [6, 6.07) is 0. The fourth-order valence-electron chi connectivity index (χ4n) is 1.87. The number of unbranched alkanes of at least 4 members (excludes halogenated alkanes) is 2. The lowest BCUT2D eigenvalue weighted by Crippen LogP contribution is -2.27. The third-order valence-electron chi connectivity index (χ3n) is 2.78. The van der Waals surface area contributed by atoms with Crippen LogP contribution in [0.2, 0.25) is 0 Å². The zero-order valence-corrected chi connectivity index (χ0v) is 11.5. The molecule has 0 aromatic heterocycles. The molecular weight excluding hydrogens is 218 g/mol. The lowest BCUT2D eigenvalue weighted by Gasteiger charge is -2.15. The fraction of sp³-hybridized carbons (Fsp3) is 0.846. The molecule has 0 spiro atoms. The first-order valence-corrected chi connectivity index (χ1v) is 6.54. The Hall–Kier alpha value is -1.06. The van der Waals surface area contributed by atoms with Crippen LogP contribution in [0.3, 0.4) is 0 Å². The number of hydrogen-bond donors (Lipinski definition) is 0. The molecule has 0 N–H and O–H groups in total. The molecule has 4 nitrogen and oxygen atoms in total. The van der Waals surface area contributed by atoms with Gasteiger partial charge in [-0.2, -0.15) is 0 Å². The predicted octanol–water partition coefficient (Wildman–Crippen LogP) is 2.22. The van der Waals surface area contributed by atoms with Gasteiger partial charge in [0.05, 0.1) is 13.0 Å². The molecule has 0 saturated carbocycles. The molecule has 0 aromatic carbocycles. The van der Waals surface area contributed by atoms with Crippen LogP contribution in [0.4, 0.5) is 0 Å². The van der Waals surface area contributed by atoms with Crippen LogP contribution in [0.25, 0.3) is 0 Å². The van der Waals surface area contributed by atoms with E-state index in [1.54, 1.807) is 4.90 Å². The Morgan fingerprint density at radius 1 is 1.41 bits per heavy atom. The first-order chi connectivity index (χ1) is 8.19. The van der Waals surface area contributed by atoms with E-state index in [-0.39, 0.29) is 17.8 Å². The van der Waals surface area contributed by atoms with E-state index in [4.69, 9.17) is 0 Å². The van der Waals surface area contributed by atoms with Gasteiger partial charge in [0.2, 0.25) is 5.91 Å². The molecule has 100 valence electrons. The van der Waals surface area contributed by atoms with Crippen LogP contribution in [-0.4, -0.2) is 37.0 Å². The van der Waals surface area contributed by atoms with Crippen molar-refractivity contribution in [3.05, 3.63) is 0 Å². The molecule has 0 aliphatic carbocycles. The molecule has 1 atom stereocenters. The van der Waals surface area contributed by atoms with Gasteiger partial charge in [0.25, 0.3) is 0 Å². The van der Waals surface area contributed by atoms with Crippen molar-refractivity contribution in [3.63, 3.8) is 0 Å². The maximum atomic E-state index is 11.5. The highest BCUT2D eigenvalue weighted by atomic mass is 16.5. The number of amides is 1. The van der Waals surface area contributed by atoms with E-state index >= 15 is 0 Å². The van der Waals surface area contributed by atoms with E-state index in [0.717, 1.165) is 25.8 Å². The van der Waals surface area contributed by atoms with Crippen LogP contribution in [0, 0.1) is 5.92 Å². The molecule has 0 radical (unpaired) electrons. The Labute approximate surface area is 104 Å². The zero-order chi connectivity index (χ0) is 13.3. The quantitative estimate of drug-likeness (QED) is 0.549. The molecule has 1 amide bonds. The minimum atomic E-state index is -0.263. The van der Waals surface area contributed by atoms with Crippen LogP contribution >= 0.6 is 0 Å². The molecule has 0 aromatic rings. The summed E-state index contributed by atoms with van der Waals surface area (Å²) >= 11 is 0. The van der Waals surface area contributed by atoms with Gasteiger partial charge in [-0.1, -0.05) is 33.6 Å². The van der Waals surface area contributed by atoms with Crippen molar-refractivity contribution in [1.82, 2.24) is 4.90 Å². The third-order valence-corrected chi connectivity index (χ3v) is 2.78. The van der Waals surface area contributed by atoms with Crippen molar-refractivity contribution in [2.24, 2.45) is 5.92 Å². The Morgan fingerprint density at radius 2 is 2.06 bits per heavy atom. The summed E-state index contributed by atoms with van der Waals surface area (Å²) in [5, 5.41) is 0. The highest BCUT2D eigenvalue weighted by molar-refractivity contribution is 5.86. The average Bonchev–Trinajstić information content (AvgIpc) is 2.73. The smallest absolute Gasteiger partial charge is 0.310 e. The Morgan fingerprint density at radius 3 is 2.59 bits per heavy atom. The van der Waals surface area contributed by atoms with Crippen LogP contribution in [0.1, 0.15) is 46.5 Å². The van der Waals surface area contributed by atoms with Crippen LogP contribution in [-0.2, 0) is 14.3 Å². The molecule has 4 heteroatoms. The minimum absolute atomic E-state index is 0.0847. The Bertz CT molecular complexity index is 241. The number of rotatable bonds is 5. The van der Waals surface area contributed by atoms with Gasteiger partial charge < -0.3 is 9.64 Å². The molecule has 1 heterocycles. The summed E-state index contributed by atoms with van der Waals surface area (Å²) in [5.74, 6) is -0.424. The second-order valence-electron chi connectivity index (χ2n) is 3.97. The second kappa shape index (κ2) is 9.02. The van der Waals surface area contributed by atoms with Crippen molar-refractivity contribution in [2.45, 2.75) is 46.5 Å². The number of carbonyl (C=O) groups is 2. The molecule has 0 bridgehead atoms. The Balaban J connectivity index is 0.00000121. The largest absolute Gasteiger partial charge is 0.469 e. The van der Waals surface area contributed by atoms with Gasteiger partial charge >= 0.3 is 5.97 Å². The number of hydrogen-bond acceptors (Lipinski definition) is 3. The highest BCUT2D eigenvalue weighted by Crippen LogP contribution is 2.19. The van der Waals surface area contributed by atoms with Crippen LogP contribution in [0.15, 0.2) is 0 Å². The summed E-state index contributed by atoms with van der Waals surface area (Å²) < 4.78 is 4.64. The first-order valence-electron chi connectivity index (χ1n) is 6.54. The van der Waals surface area contributed by atoms with Crippen LogP contribution < -0.4 is 0 Å². The third kappa shape index (κ3) is 5.20. The van der Waals surface area contributed by atoms with Crippen molar-refractivity contribution < 1.29 is 14.3 Å². The summed E-state index contributed by atoms with van der Waals surface area (Å²) in [5.41, 5.74) is 0. The molecule has 17 heavy (non-hydrogen) atoms. The topological polar surface area (TPSA) is 46.6 Å². The molecule has 1 unspecified atom stereocenters. The second-order valence-corrected chi connectivity index (χ2v) is 3.97. The van der Waals surface area contributed by atoms with Crippen molar-refractivity contribution in [1.29, 1.82) is 0 Å². The first kappa shape index (κ1) is 15.9. The summed E-state index contributed by atoms with van der Waals surface area (Å²) in [4.78, 5) is 24.5. The maximum absolute atomic E-state index is 11.5. The molecular formula is C13H25NO3. The normalized spacial score (nSPS) is 18.7. The van der Waals surface area contributed by atoms with Crippen molar-refractivity contribution in [3.8, 4) is 0 Å². The lowest BCUT2D eigenvalue weighted by atomic mass is 10.1. The monoisotopic (exact) mass is 243 g/mol. The number of carbonyl (C=O) groups excluding carboxylic acids is 2. The number of likely N-dealkylation sites (tertiary alicyclic amines) is 1. The number of methoxy groups -OCH3 is 1. The number of nitrogens with zero attached hydrogens (tertiary/aromatic N) is 1. The number of ether oxygens (including phenoxy) is 1. The SMILES string of the molecule is CC.CCCCCN1CC(C(=O)OC)CC1=O. The predicted molar refractivity (Wildman–Crippen MR) is 67.6 cm³/mol.